The quantitative estimate of drug-likeness (QED) is 0.593. The molecule has 2 fully saturated rings. The maximum absolute atomic E-state index is 6.08. The molecule has 134 valence electrons. The van der Waals surface area contributed by atoms with Crippen molar-refractivity contribution in [2.24, 2.45) is 0 Å². The van der Waals surface area contributed by atoms with Crippen LogP contribution >= 0.6 is 11.3 Å². The normalized spacial score (nSPS) is 18.2. The highest BCUT2D eigenvalue weighted by atomic mass is 32.1. The molecule has 0 bridgehead atoms. The van der Waals surface area contributed by atoms with E-state index in [1.807, 2.05) is 18.3 Å². The molecular weight excluding hydrogens is 342 g/mol. The van der Waals surface area contributed by atoms with Crippen LogP contribution in [-0.2, 0) is 0 Å². The third-order valence-electron chi connectivity index (χ3n) is 5.28. The lowest BCUT2D eigenvalue weighted by Gasteiger charge is -2.22. The lowest BCUT2D eigenvalue weighted by atomic mass is 9.96. The molecule has 2 aliphatic carbocycles. The molecule has 2 aliphatic rings. The number of benzene rings is 1. The van der Waals surface area contributed by atoms with Crippen molar-refractivity contribution >= 4 is 26.7 Å². The number of ether oxygens (including phenoxy) is 1. The van der Waals surface area contributed by atoms with E-state index in [2.05, 4.69) is 28.5 Å². The van der Waals surface area contributed by atoms with Gasteiger partial charge in [0.15, 0.2) is 5.13 Å². The molecule has 26 heavy (non-hydrogen) atoms. The van der Waals surface area contributed by atoms with Crippen molar-refractivity contribution in [1.82, 2.24) is 9.97 Å². The fraction of sp³-hybridized carbons (Fsp3) is 0.429. The van der Waals surface area contributed by atoms with E-state index in [4.69, 9.17) is 9.72 Å². The Hall–Kier alpha value is -2.14. The summed E-state index contributed by atoms with van der Waals surface area (Å²) >= 11 is 1.72. The molecule has 1 aromatic carbocycles. The van der Waals surface area contributed by atoms with Crippen LogP contribution in [0.15, 0.2) is 36.5 Å². The molecule has 0 spiro atoms. The fourth-order valence-electron chi connectivity index (χ4n) is 3.68. The fourth-order valence-corrected chi connectivity index (χ4v) is 4.65. The van der Waals surface area contributed by atoms with Gasteiger partial charge in [-0.3, -0.25) is 4.98 Å². The Morgan fingerprint density at radius 3 is 2.65 bits per heavy atom. The highest BCUT2D eigenvalue weighted by Crippen LogP contribution is 2.40. The molecule has 2 heterocycles. The smallest absolute Gasteiger partial charge is 0.184 e. The molecule has 1 N–H and O–H groups in total. The number of nitrogens with one attached hydrogen (secondary N) is 1. The van der Waals surface area contributed by atoms with Crippen LogP contribution in [0.5, 0.6) is 11.5 Å². The van der Waals surface area contributed by atoms with Crippen molar-refractivity contribution in [3.63, 3.8) is 0 Å². The topological polar surface area (TPSA) is 47.0 Å². The number of hydrogen-bond donors (Lipinski definition) is 1. The van der Waals surface area contributed by atoms with E-state index in [1.165, 1.54) is 44.9 Å². The van der Waals surface area contributed by atoms with Gasteiger partial charge < -0.3 is 10.1 Å². The number of hydrogen-bond acceptors (Lipinski definition) is 5. The summed E-state index contributed by atoms with van der Waals surface area (Å²) < 4.78 is 7.25. The zero-order valence-corrected chi connectivity index (χ0v) is 15.6. The highest BCUT2D eigenvalue weighted by Gasteiger charge is 2.25. The van der Waals surface area contributed by atoms with Crippen LogP contribution in [0.3, 0.4) is 0 Å². The van der Waals surface area contributed by atoms with Crippen LogP contribution < -0.4 is 10.1 Å². The Morgan fingerprint density at radius 1 is 0.962 bits per heavy atom. The molecule has 0 saturated heterocycles. The van der Waals surface area contributed by atoms with Crippen molar-refractivity contribution in [2.45, 2.75) is 56.9 Å². The monoisotopic (exact) mass is 365 g/mol. The molecule has 0 aliphatic heterocycles. The predicted octanol–water partition coefficient (Wildman–Crippen LogP) is 6.11. The van der Waals surface area contributed by atoms with Crippen LogP contribution in [0.4, 0.5) is 5.13 Å². The summed E-state index contributed by atoms with van der Waals surface area (Å²) in [6.07, 6.45) is 10.9. The number of pyridine rings is 1. The van der Waals surface area contributed by atoms with E-state index < -0.39 is 0 Å². The van der Waals surface area contributed by atoms with Gasteiger partial charge in [0.2, 0.25) is 0 Å². The first kappa shape index (κ1) is 16.1. The Kier molecular flexibility index (Phi) is 4.25. The van der Waals surface area contributed by atoms with Gasteiger partial charge in [-0.05, 0) is 43.9 Å². The second-order valence-corrected chi connectivity index (χ2v) is 8.45. The summed E-state index contributed by atoms with van der Waals surface area (Å²) in [7, 11) is 0. The number of anilines is 1. The maximum atomic E-state index is 6.08. The van der Waals surface area contributed by atoms with Gasteiger partial charge in [-0.25, -0.2) is 4.98 Å². The van der Waals surface area contributed by atoms with Gasteiger partial charge in [0.05, 0.1) is 10.2 Å². The van der Waals surface area contributed by atoms with E-state index in [0.717, 1.165) is 32.5 Å². The number of fused-ring (bicyclic) bond motifs is 1. The number of aromatic nitrogens is 2. The minimum absolute atomic E-state index is 0.581. The maximum Gasteiger partial charge on any atom is 0.184 e. The van der Waals surface area contributed by atoms with E-state index in [9.17, 15) is 0 Å². The lowest BCUT2D eigenvalue weighted by Crippen LogP contribution is -2.21. The minimum atomic E-state index is 0.581. The number of thiazole rings is 1. The van der Waals surface area contributed by atoms with E-state index in [-0.39, 0.29) is 0 Å². The summed E-state index contributed by atoms with van der Waals surface area (Å²) in [5.74, 6) is 2.36. The van der Waals surface area contributed by atoms with E-state index in [1.54, 1.807) is 11.3 Å². The zero-order valence-electron chi connectivity index (χ0n) is 14.8. The summed E-state index contributed by atoms with van der Waals surface area (Å²) in [6, 6.07) is 10.7. The Balaban J connectivity index is 1.33. The van der Waals surface area contributed by atoms with Gasteiger partial charge in [0.1, 0.15) is 11.5 Å². The molecule has 3 aromatic rings. The Bertz CT molecular complexity index is 913. The summed E-state index contributed by atoms with van der Waals surface area (Å²) in [6.45, 7) is 0. The van der Waals surface area contributed by atoms with E-state index >= 15 is 0 Å². The van der Waals surface area contributed by atoms with Gasteiger partial charge in [0.25, 0.3) is 0 Å². The van der Waals surface area contributed by atoms with Crippen molar-refractivity contribution in [2.75, 3.05) is 5.32 Å². The standard InChI is InChI=1S/C21H23N3OS/c1-2-4-15(5-3-1)23-21-24-18-9-8-16(13-20(18)26-21)25-17-10-11-22-19(12-17)14-6-7-14/h8-15H,1-7H2,(H,23,24). The minimum Gasteiger partial charge on any atom is -0.457 e. The number of nitrogens with zero attached hydrogens (tertiary/aromatic N) is 2. The molecule has 0 amide bonds. The zero-order chi connectivity index (χ0) is 17.3. The third-order valence-corrected chi connectivity index (χ3v) is 6.23. The SMILES string of the molecule is c1cc(Oc2ccc3nc(NC4CCCCC4)sc3c2)cc(C2CC2)n1. The van der Waals surface area contributed by atoms with Crippen molar-refractivity contribution < 1.29 is 4.74 Å². The molecule has 0 radical (unpaired) electrons. The van der Waals surface area contributed by atoms with Gasteiger partial charge in [0, 0.05) is 36.0 Å². The number of rotatable bonds is 5. The first-order valence-electron chi connectivity index (χ1n) is 9.64. The first-order chi connectivity index (χ1) is 12.8. The molecule has 4 nitrogen and oxygen atoms in total. The van der Waals surface area contributed by atoms with Crippen LogP contribution in [0.1, 0.15) is 56.6 Å². The van der Waals surface area contributed by atoms with Crippen LogP contribution in [0.2, 0.25) is 0 Å². The second-order valence-electron chi connectivity index (χ2n) is 7.42. The van der Waals surface area contributed by atoms with E-state index in [0.29, 0.717) is 12.0 Å². The highest BCUT2D eigenvalue weighted by molar-refractivity contribution is 7.22. The molecule has 5 heteroatoms. The molecule has 5 rings (SSSR count). The van der Waals surface area contributed by atoms with Crippen LogP contribution in [0.25, 0.3) is 10.2 Å². The van der Waals surface area contributed by atoms with Gasteiger partial charge in [-0.15, -0.1) is 0 Å². The van der Waals surface area contributed by atoms with Gasteiger partial charge >= 0.3 is 0 Å². The summed E-state index contributed by atoms with van der Waals surface area (Å²) in [5.41, 5.74) is 2.19. The predicted molar refractivity (Wildman–Crippen MR) is 106 cm³/mol. The third kappa shape index (κ3) is 3.54. The Labute approximate surface area is 157 Å². The molecule has 2 saturated carbocycles. The van der Waals surface area contributed by atoms with Gasteiger partial charge in [-0.2, -0.15) is 0 Å². The average molecular weight is 366 g/mol. The van der Waals surface area contributed by atoms with Crippen LogP contribution in [-0.4, -0.2) is 16.0 Å². The molecule has 2 aromatic heterocycles. The second kappa shape index (κ2) is 6.88. The average Bonchev–Trinajstić information content (AvgIpc) is 3.44. The first-order valence-corrected chi connectivity index (χ1v) is 10.5. The van der Waals surface area contributed by atoms with Crippen molar-refractivity contribution in [3.05, 3.63) is 42.2 Å². The Morgan fingerprint density at radius 2 is 1.81 bits per heavy atom. The molecule has 0 unspecified atom stereocenters. The van der Waals surface area contributed by atoms with Gasteiger partial charge in [-0.1, -0.05) is 30.6 Å². The molecular formula is C21H23N3OS. The lowest BCUT2D eigenvalue weighted by molar-refractivity contribution is 0.462. The largest absolute Gasteiger partial charge is 0.457 e. The molecule has 0 atom stereocenters. The van der Waals surface area contributed by atoms with Crippen molar-refractivity contribution in [3.8, 4) is 11.5 Å². The van der Waals surface area contributed by atoms with Crippen LogP contribution in [0, 0.1) is 0 Å². The summed E-state index contributed by atoms with van der Waals surface area (Å²) in [5, 5.41) is 4.66. The summed E-state index contributed by atoms with van der Waals surface area (Å²) in [4.78, 5) is 9.20. The van der Waals surface area contributed by atoms with Crippen molar-refractivity contribution in [1.29, 1.82) is 0 Å².